The fraction of sp³-hybridized carbons (Fsp3) is 0.636. The Bertz CT molecular complexity index is 303. The maximum absolute atomic E-state index is 5.67. The molecule has 0 aliphatic carbocycles. The number of rotatable bonds is 6. The van der Waals surface area contributed by atoms with Crippen LogP contribution in [0.5, 0.6) is 0 Å². The summed E-state index contributed by atoms with van der Waals surface area (Å²) in [7, 11) is 1.70. The molecule has 0 unspecified atom stereocenters. The molecule has 5 heteroatoms. The van der Waals surface area contributed by atoms with Crippen molar-refractivity contribution < 1.29 is 4.74 Å². The quantitative estimate of drug-likeness (QED) is 0.717. The molecular weight excluding hydrogens is 226 g/mol. The number of aromatic nitrogens is 2. The minimum atomic E-state index is 0.367. The largest absolute Gasteiger partial charge is 0.383 e. The summed E-state index contributed by atoms with van der Waals surface area (Å²) in [5.41, 5.74) is 0.792. The van der Waals surface area contributed by atoms with Crippen LogP contribution in [0.15, 0.2) is 12.4 Å². The van der Waals surface area contributed by atoms with Gasteiger partial charge in [0.15, 0.2) is 0 Å². The van der Waals surface area contributed by atoms with E-state index in [-0.39, 0.29) is 0 Å². The van der Waals surface area contributed by atoms with Crippen molar-refractivity contribution in [3.63, 3.8) is 0 Å². The Morgan fingerprint density at radius 1 is 1.38 bits per heavy atom. The molecule has 0 aliphatic rings. The minimum Gasteiger partial charge on any atom is -0.383 e. The number of hydrogen-bond donors (Lipinski definition) is 0. The first-order valence-corrected chi connectivity index (χ1v) is 5.85. The molecule has 0 saturated heterocycles. The summed E-state index contributed by atoms with van der Waals surface area (Å²) in [6.45, 7) is 5.72. The maximum atomic E-state index is 5.67. The summed E-state index contributed by atoms with van der Waals surface area (Å²) in [5.74, 6) is 1.26. The first-order chi connectivity index (χ1) is 7.69. The lowest BCUT2D eigenvalue weighted by Crippen LogP contribution is -2.34. The molecule has 0 aromatic carbocycles. The van der Waals surface area contributed by atoms with E-state index in [2.05, 4.69) is 28.7 Å². The third-order valence-electron chi connectivity index (χ3n) is 2.28. The van der Waals surface area contributed by atoms with Gasteiger partial charge in [-0.15, -0.1) is 11.6 Å². The van der Waals surface area contributed by atoms with Crippen LogP contribution in [0.4, 0.5) is 5.82 Å². The number of nitrogens with zero attached hydrogens (tertiary/aromatic N) is 3. The van der Waals surface area contributed by atoms with E-state index in [1.54, 1.807) is 19.5 Å². The van der Waals surface area contributed by atoms with Gasteiger partial charge >= 0.3 is 0 Å². The Morgan fingerprint density at radius 2 is 2.12 bits per heavy atom. The van der Waals surface area contributed by atoms with Gasteiger partial charge < -0.3 is 9.64 Å². The average molecular weight is 244 g/mol. The van der Waals surface area contributed by atoms with E-state index >= 15 is 0 Å². The highest BCUT2D eigenvalue weighted by atomic mass is 35.5. The molecule has 1 heterocycles. The van der Waals surface area contributed by atoms with Gasteiger partial charge in [-0.3, -0.25) is 4.98 Å². The topological polar surface area (TPSA) is 38.2 Å². The molecule has 16 heavy (non-hydrogen) atoms. The second-order valence-electron chi connectivity index (χ2n) is 3.78. The minimum absolute atomic E-state index is 0.367. The molecule has 0 saturated carbocycles. The van der Waals surface area contributed by atoms with E-state index in [0.717, 1.165) is 18.1 Å². The van der Waals surface area contributed by atoms with Crippen molar-refractivity contribution >= 4 is 17.4 Å². The average Bonchev–Trinajstić information content (AvgIpc) is 2.30. The van der Waals surface area contributed by atoms with Crippen molar-refractivity contribution in [2.75, 3.05) is 25.2 Å². The summed E-state index contributed by atoms with van der Waals surface area (Å²) in [4.78, 5) is 10.7. The third-order valence-corrected chi connectivity index (χ3v) is 2.56. The Morgan fingerprint density at radius 3 is 2.56 bits per heavy atom. The van der Waals surface area contributed by atoms with Crippen molar-refractivity contribution in [3.8, 4) is 0 Å². The highest BCUT2D eigenvalue weighted by Gasteiger charge is 2.11. The zero-order valence-corrected chi connectivity index (χ0v) is 10.7. The van der Waals surface area contributed by atoms with Gasteiger partial charge in [0.1, 0.15) is 5.82 Å². The summed E-state index contributed by atoms with van der Waals surface area (Å²) < 4.78 is 5.08. The van der Waals surface area contributed by atoms with Crippen LogP contribution < -0.4 is 4.90 Å². The van der Waals surface area contributed by atoms with Gasteiger partial charge in [-0.2, -0.15) is 0 Å². The molecule has 1 aromatic rings. The van der Waals surface area contributed by atoms with E-state index in [1.165, 1.54) is 0 Å². The van der Waals surface area contributed by atoms with E-state index in [4.69, 9.17) is 16.3 Å². The molecule has 1 rings (SSSR count). The predicted molar refractivity (Wildman–Crippen MR) is 65.9 cm³/mol. The van der Waals surface area contributed by atoms with E-state index < -0.39 is 0 Å². The van der Waals surface area contributed by atoms with Gasteiger partial charge in [0.05, 0.1) is 30.6 Å². The van der Waals surface area contributed by atoms with Crippen LogP contribution in [0.25, 0.3) is 0 Å². The van der Waals surface area contributed by atoms with Gasteiger partial charge in [0.25, 0.3) is 0 Å². The first kappa shape index (κ1) is 13.2. The second kappa shape index (κ2) is 6.66. The highest BCUT2D eigenvalue weighted by molar-refractivity contribution is 6.16. The molecule has 4 nitrogen and oxygen atoms in total. The fourth-order valence-electron chi connectivity index (χ4n) is 1.39. The van der Waals surface area contributed by atoms with Gasteiger partial charge in [0, 0.05) is 19.7 Å². The molecule has 0 radical (unpaired) electrons. The van der Waals surface area contributed by atoms with Gasteiger partial charge in [-0.05, 0) is 13.8 Å². The summed E-state index contributed by atoms with van der Waals surface area (Å²) in [6.07, 6.45) is 3.47. The van der Waals surface area contributed by atoms with Gasteiger partial charge in [-0.1, -0.05) is 0 Å². The van der Waals surface area contributed by atoms with Gasteiger partial charge in [-0.25, -0.2) is 4.98 Å². The smallest absolute Gasteiger partial charge is 0.147 e. The van der Waals surface area contributed by atoms with Crippen molar-refractivity contribution in [2.45, 2.75) is 25.8 Å². The zero-order valence-electron chi connectivity index (χ0n) is 9.98. The molecular formula is C11H18ClN3O. The molecule has 0 atom stereocenters. The Labute approximate surface area is 102 Å². The summed E-state index contributed by atoms with van der Waals surface area (Å²) >= 11 is 5.67. The molecule has 0 N–H and O–H groups in total. The fourth-order valence-corrected chi connectivity index (χ4v) is 1.53. The number of anilines is 1. The van der Waals surface area contributed by atoms with Crippen LogP contribution in [0.3, 0.4) is 0 Å². The van der Waals surface area contributed by atoms with Crippen LogP contribution >= 0.6 is 11.6 Å². The molecule has 0 aliphatic heterocycles. The number of halogens is 1. The normalized spacial score (nSPS) is 10.8. The van der Waals surface area contributed by atoms with Crippen LogP contribution in [0.1, 0.15) is 19.5 Å². The summed E-state index contributed by atoms with van der Waals surface area (Å²) in [5, 5.41) is 0. The molecule has 0 bridgehead atoms. The van der Waals surface area contributed by atoms with Crippen molar-refractivity contribution in [2.24, 2.45) is 0 Å². The van der Waals surface area contributed by atoms with Crippen LogP contribution in [-0.4, -0.2) is 36.3 Å². The molecule has 0 amide bonds. The first-order valence-electron chi connectivity index (χ1n) is 5.31. The Hall–Kier alpha value is -0.870. The lowest BCUT2D eigenvalue weighted by molar-refractivity contribution is 0.203. The highest BCUT2D eigenvalue weighted by Crippen LogP contribution is 2.12. The number of methoxy groups -OCH3 is 1. The van der Waals surface area contributed by atoms with Crippen molar-refractivity contribution in [1.29, 1.82) is 0 Å². The molecule has 0 fully saturated rings. The van der Waals surface area contributed by atoms with Crippen molar-refractivity contribution in [1.82, 2.24) is 9.97 Å². The SMILES string of the molecule is COCCN(c1cnc(CCl)cn1)C(C)C. The third kappa shape index (κ3) is 3.61. The van der Waals surface area contributed by atoms with E-state index in [1.807, 2.05) is 0 Å². The number of alkyl halides is 1. The zero-order chi connectivity index (χ0) is 12.0. The molecule has 90 valence electrons. The van der Waals surface area contributed by atoms with Gasteiger partial charge in [0.2, 0.25) is 0 Å². The number of ether oxygens (including phenoxy) is 1. The lowest BCUT2D eigenvalue weighted by atomic mass is 10.3. The van der Waals surface area contributed by atoms with Crippen LogP contribution in [0, 0.1) is 0 Å². The standard InChI is InChI=1S/C11H18ClN3O/c1-9(2)15(4-5-16-3)11-8-13-10(6-12)7-14-11/h7-9H,4-6H2,1-3H3. The lowest BCUT2D eigenvalue weighted by Gasteiger charge is -2.27. The Kier molecular flexibility index (Phi) is 5.49. The maximum Gasteiger partial charge on any atom is 0.147 e. The molecule has 0 spiro atoms. The van der Waals surface area contributed by atoms with E-state index in [0.29, 0.717) is 18.5 Å². The summed E-state index contributed by atoms with van der Waals surface area (Å²) in [6, 6.07) is 0.367. The van der Waals surface area contributed by atoms with Crippen LogP contribution in [-0.2, 0) is 10.6 Å². The van der Waals surface area contributed by atoms with E-state index in [9.17, 15) is 0 Å². The number of hydrogen-bond acceptors (Lipinski definition) is 4. The Balaban J connectivity index is 2.75. The molecule has 1 aromatic heterocycles. The predicted octanol–water partition coefficient (Wildman–Crippen LogP) is 2.08. The van der Waals surface area contributed by atoms with Crippen molar-refractivity contribution in [3.05, 3.63) is 18.1 Å². The van der Waals surface area contributed by atoms with Crippen LogP contribution in [0.2, 0.25) is 0 Å². The second-order valence-corrected chi connectivity index (χ2v) is 4.05. The monoisotopic (exact) mass is 243 g/mol.